The Bertz CT molecular complexity index is 581. The van der Waals surface area contributed by atoms with Crippen molar-refractivity contribution >= 4 is 15.7 Å². The molecule has 1 aromatic rings. The molecule has 1 aromatic carbocycles. The van der Waals surface area contributed by atoms with Crippen LogP contribution in [-0.2, 0) is 20.8 Å². The van der Waals surface area contributed by atoms with Gasteiger partial charge in [0, 0.05) is 6.26 Å². The molecule has 0 radical (unpaired) electrons. The van der Waals surface area contributed by atoms with Crippen molar-refractivity contribution in [2.75, 3.05) is 12.0 Å². The lowest BCUT2D eigenvalue weighted by Crippen LogP contribution is -2.27. The van der Waals surface area contributed by atoms with Crippen molar-refractivity contribution in [3.8, 4) is 0 Å². The van der Waals surface area contributed by atoms with E-state index in [-0.39, 0.29) is 5.56 Å². The van der Waals surface area contributed by atoms with Crippen LogP contribution < -0.4 is 5.73 Å². The van der Waals surface area contributed by atoms with Gasteiger partial charge in [0.05, 0.1) is 17.2 Å². The number of carbonyl (C=O) groups is 1. The number of alkyl halides is 3. The molecule has 0 bridgehead atoms. The third-order valence-electron chi connectivity index (χ3n) is 2.43. The minimum Gasteiger partial charge on any atom is -0.369 e. The number of halogens is 3. The highest BCUT2D eigenvalue weighted by Gasteiger charge is 2.32. The Morgan fingerprint density at radius 2 is 1.95 bits per heavy atom. The molecule has 0 fully saturated rings. The Kier molecular flexibility index (Phi) is 4.24. The molecule has 1 rings (SSSR count). The van der Waals surface area contributed by atoms with E-state index in [1.807, 2.05) is 0 Å². The molecule has 106 valence electrons. The first-order chi connectivity index (χ1) is 8.50. The third kappa shape index (κ3) is 4.55. The van der Waals surface area contributed by atoms with Gasteiger partial charge in [-0.15, -0.1) is 0 Å². The van der Waals surface area contributed by atoms with E-state index in [4.69, 9.17) is 5.73 Å². The Balaban J connectivity index is 3.21. The van der Waals surface area contributed by atoms with E-state index in [0.717, 1.165) is 24.5 Å². The lowest BCUT2D eigenvalue weighted by atomic mass is 9.98. The third-order valence-corrected chi connectivity index (χ3v) is 3.37. The first-order valence-electron chi connectivity index (χ1n) is 5.15. The zero-order chi connectivity index (χ0) is 14.8. The van der Waals surface area contributed by atoms with Crippen LogP contribution in [0.2, 0.25) is 0 Å². The molecule has 8 heteroatoms. The van der Waals surface area contributed by atoms with E-state index >= 15 is 0 Å². The van der Waals surface area contributed by atoms with Gasteiger partial charge in [0.2, 0.25) is 5.91 Å². The van der Waals surface area contributed by atoms with Gasteiger partial charge in [-0.2, -0.15) is 13.2 Å². The fraction of sp³-hybridized carbons (Fsp3) is 0.364. The van der Waals surface area contributed by atoms with E-state index in [9.17, 15) is 26.4 Å². The fourth-order valence-corrected chi connectivity index (χ4v) is 2.54. The number of benzene rings is 1. The number of hydrogen-bond donors (Lipinski definition) is 1. The Morgan fingerprint density at radius 3 is 2.37 bits per heavy atom. The lowest BCUT2D eigenvalue weighted by Gasteiger charge is -2.15. The van der Waals surface area contributed by atoms with Crippen LogP contribution in [0.4, 0.5) is 13.2 Å². The molecule has 1 unspecified atom stereocenters. The summed E-state index contributed by atoms with van der Waals surface area (Å²) >= 11 is 0. The first-order valence-corrected chi connectivity index (χ1v) is 7.21. The molecule has 0 saturated heterocycles. The number of nitrogens with two attached hydrogens (primary N) is 1. The predicted molar refractivity (Wildman–Crippen MR) is 63.1 cm³/mol. The summed E-state index contributed by atoms with van der Waals surface area (Å²) in [5.74, 6) is -2.90. The smallest absolute Gasteiger partial charge is 0.369 e. The molecule has 0 heterocycles. The Morgan fingerprint density at radius 1 is 1.37 bits per heavy atom. The number of hydrogen-bond acceptors (Lipinski definition) is 3. The van der Waals surface area contributed by atoms with Crippen LogP contribution in [0.25, 0.3) is 0 Å². The standard InChI is InChI=1S/C11H12F3NO3S/c1-19(17,18)6-9(10(15)16)7-3-2-4-8(5-7)11(12,13)14/h2-5,9H,6H2,1H3,(H2,15,16). The molecule has 4 nitrogen and oxygen atoms in total. The van der Waals surface area contributed by atoms with Crippen LogP contribution in [0, 0.1) is 0 Å². The van der Waals surface area contributed by atoms with Crippen molar-refractivity contribution in [3.63, 3.8) is 0 Å². The van der Waals surface area contributed by atoms with E-state index in [0.29, 0.717) is 0 Å². The van der Waals surface area contributed by atoms with E-state index in [1.54, 1.807) is 0 Å². The highest BCUT2D eigenvalue weighted by atomic mass is 32.2. The van der Waals surface area contributed by atoms with Crippen molar-refractivity contribution in [2.24, 2.45) is 5.73 Å². The van der Waals surface area contributed by atoms with Gasteiger partial charge in [0.1, 0.15) is 9.84 Å². The minimum atomic E-state index is -4.57. The summed E-state index contributed by atoms with van der Waals surface area (Å²) in [5.41, 5.74) is 4.03. The highest BCUT2D eigenvalue weighted by Crippen LogP contribution is 2.31. The SMILES string of the molecule is CS(=O)(=O)CC(C(N)=O)c1cccc(C(F)(F)F)c1. The summed E-state index contributed by atoms with van der Waals surface area (Å²) < 4.78 is 60.0. The molecule has 2 N–H and O–H groups in total. The molecule has 0 aliphatic rings. The summed E-state index contributed by atoms with van der Waals surface area (Å²) in [4.78, 5) is 11.2. The number of carbonyl (C=O) groups excluding carboxylic acids is 1. The van der Waals surface area contributed by atoms with Crippen LogP contribution in [0.3, 0.4) is 0 Å². The normalized spacial score (nSPS) is 14.1. The van der Waals surface area contributed by atoms with Crippen molar-refractivity contribution in [2.45, 2.75) is 12.1 Å². The summed E-state index contributed by atoms with van der Waals surface area (Å²) in [5, 5.41) is 0. The second kappa shape index (κ2) is 5.20. The van der Waals surface area contributed by atoms with Crippen molar-refractivity contribution < 1.29 is 26.4 Å². The van der Waals surface area contributed by atoms with Crippen LogP contribution in [0.1, 0.15) is 17.0 Å². The van der Waals surface area contributed by atoms with Crippen LogP contribution in [-0.4, -0.2) is 26.3 Å². The average molecular weight is 295 g/mol. The minimum absolute atomic E-state index is 0.0623. The van der Waals surface area contributed by atoms with Crippen LogP contribution in [0.5, 0.6) is 0 Å². The van der Waals surface area contributed by atoms with Gasteiger partial charge in [-0.3, -0.25) is 4.79 Å². The largest absolute Gasteiger partial charge is 0.416 e. The molecule has 1 amide bonds. The van der Waals surface area contributed by atoms with E-state index in [1.165, 1.54) is 6.07 Å². The van der Waals surface area contributed by atoms with Crippen molar-refractivity contribution in [1.29, 1.82) is 0 Å². The second-order valence-corrected chi connectivity index (χ2v) is 6.36. The molecule has 1 atom stereocenters. The van der Waals surface area contributed by atoms with Gasteiger partial charge in [-0.1, -0.05) is 18.2 Å². The summed E-state index contributed by atoms with van der Waals surface area (Å²) in [6.07, 6.45) is -3.68. The predicted octanol–water partition coefficient (Wildman–Crippen LogP) is 1.32. The summed E-state index contributed by atoms with van der Waals surface area (Å²) in [6.45, 7) is 0. The zero-order valence-corrected chi connectivity index (χ0v) is 10.8. The van der Waals surface area contributed by atoms with Gasteiger partial charge in [-0.05, 0) is 11.6 Å². The van der Waals surface area contributed by atoms with Gasteiger partial charge >= 0.3 is 6.18 Å². The molecule has 0 saturated carbocycles. The van der Waals surface area contributed by atoms with Gasteiger partial charge in [0.25, 0.3) is 0 Å². The first kappa shape index (κ1) is 15.5. The number of sulfone groups is 1. The topological polar surface area (TPSA) is 77.2 Å². The molecular formula is C11H12F3NO3S. The molecule has 0 spiro atoms. The quantitative estimate of drug-likeness (QED) is 0.910. The zero-order valence-electron chi connectivity index (χ0n) is 9.94. The number of rotatable bonds is 4. The maximum atomic E-state index is 12.5. The van der Waals surface area contributed by atoms with Crippen molar-refractivity contribution in [1.82, 2.24) is 0 Å². The molecule has 0 aliphatic carbocycles. The number of primary amides is 1. The van der Waals surface area contributed by atoms with E-state index in [2.05, 4.69) is 0 Å². The molecule has 0 aromatic heterocycles. The van der Waals surface area contributed by atoms with Crippen LogP contribution in [0.15, 0.2) is 24.3 Å². The molecule has 0 aliphatic heterocycles. The number of amides is 1. The van der Waals surface area contributed by atoms with Crippen molar-refractivity contribution in [3.05, 3.63) is 35.4 Å². The fourth-order valence-electron chi connectivity index (χ4n) is 1.58. The second-order valence-electron chi connectivity index (χ2n) is 4.17. The summed E-state index contributed by atoms with van der Waals surface area (Å²) in [7, 11) is -3.55. The van der Waals surface area contributed by atoms with E-state index < -0.39 is 39.2 Å². The lowest BCUT2D eigenvalue weighted by molar-refractivity contribution is -0.137. The van der Waals surface area contributed by atoms with Gasteiger partial charge in [-0.25, -0.2) is 8.42 Å². The molecular weight excluding hydrogens is 283 g/mol. The maximum Gasteiger partial charge on any atom is 0.416 e. The summed E-state index contributed by atoms with van der Waals surface area (Å²) in [6, 6.07) is 3.93. The monoisotopic (exact) mass is 295 g/mol. The van der Waals surface area contributed by atoms with Crippen LogP contribution >= 0.6 is 0 Å². The van der Waals surface area contributed by atoms with Gasteiger partial charge < -0.3 is 5.73 Å². The average Bonchev–Trinajstić information content (AvgIpc) is 2.23. The maximum absolute atomic E-state index is 12.5. The Labute approximate surface area is 108 Å². The Hall–Kier alpha value is -1.57. The van der Waals surface area contributed by atoms with Gasteiger partial charge in [0.15, 0.2) is 0 Å². The highest BCUT2D eigenvalue weighted by molar-refractivity contribution is 7.90. The molecule has 19 heavy (non-hydrogen) atoms.